The summed E-state index contributed by atoms with van der Waals surface area (Å²) >= 11 is 0. The zero-order valence-corrected chi connectivity index (χ0v) is 25.3. The number of aromatic hydroxyl groups is 2. The van der Waals surface area contributed by atoms with Crippen LogP contribution in [0.4, 0.5) is 17.1 Å². The highest BCUT2D eigenvalue weighted by Crippen LogP contribution is 2.34. The third-order valence-corrected chi connectivity index (χ3v) is 8.07. The summed E-state index contributed by atoms with van der Waals surface area (Å²) in [5, 5.41) is 23.8. The van der Waals surface area contributed by atoms with Gasteiger partial charge in [0.05, 0.1) is 0 Å². The van der Waals surface area contributed by atoms with Crippen molar-refractivity contribution < 1.29 is 19.8 Å². The largest absolute Gasteiger partial charge is 0.508 e. The Kier molecular flexibility index (Phi) is 8.06. The highest BCUT2D eigenvalue weighted by Gasteiger charge is 2.43. The number of nitrogens with two attached hydrogens (primary N) is 1. The fraction of sp³-hybridized carbons (Fsp3) is 0.333. The Morgan fingerprint density at radius 2 is 1.56 bits per heavy atom. The molecule has 0 saturated carbocycles. The Hall–Kier alpha value is -4.95. The predicted molar refractivity (Wildman–Crippen MR) is 171 cm³/mol. The zero-order chi connectivity index (χ0) is 31.0. The first-order valence-electron chi connectivity index (χ1n) is 14.6. The number of amides is 2. The molecule has 5 N–H and O–H groups in total. The van der Waals surface area contributed by atoms with Gasteiger partial charge in [0, 0.05) is 55.7 Å². The number of piperazine rings is 1. The Balaban J connectivity index is 1.34. The second-order valence-electron chi connectivity index (χ2n) is 11.4. The van der Waals surface area contributed by atoms with E-state index in [1.54, 1.807) is 35.2 Å². The molecule has 5 rings (SSSR count). The number of carbonyl (C=O) groups is 2. The van der Waals surface area contributed by atoms with Gasteiger partial charge in [0.1, 0.15) is 22.7 Å². The minimum Gasteiger partial charge on any atom is -0.508 e. The Bertz CT molecular complexity index is 1630. The summed E-state index contributed by atoms with van der Waals surface area (Å²) in [7, 11) is 0. The van der Waals surface area contributed by atoms with Crippen LogP contribution in [0.25, 0.3) is 0 Å². The average Bonchev–Trinajstić information content (AvgIpc) is 2.96. The molecule has 1 fully saturated rings. The molecule has 0 radical (unpaired) electrons. The summed E-state index contributed by atoms with van der Waals surface area (Å²) in [5.41, 5.74) is 12.4. The fourth-order valence-corrected chi connectivity index (χ4v) is 5.55. The molecule has 10 heteroatoms. The molecule has 3 aromatic carbocycles. The van der Waals surface area contributed by atoms with Crippen LogP contribution in [0.1, 0.15) is 59.3 Å². The van der Waals surface area contributed by atoms with E-state index in [1.807, 2.05) is 39.5 Å². The first-order valence-corrected chi connectivity index (χ1v) is 14.6. The summed E-state index contributed by atoms with van der Waals surface area (Å²) in [4.78, 5) is 32.0. The molecule has 3 aromatic rings. The van der Waals surface area contributed by atoms with Gasteiger partial charge in [0.2, 0.25) is 0 Å². The topological polar surface area (TPSA) is 136 Å². The number of hydrogen-bond donors (Lipinski definition) is 4. The van der Waals surface area contributed by atoms with Crippen molar-refractivity contribution in [1.82, 2.24) is 14.9 Å². The van der Waals surface area contributed by atoms with Crippen molar-refractivity contribution in [1.29, 1.82) is 0 Å². The maximum Gasteiger partial charge on any atom is 0.390 e. The molecule has 0 aromatic heterocycles. The minimum absolute atomic E-state index is 0.00181. The zero-order valence-electron chi connectivity index (χ0n) is 25.3. The summed E-state index contributed by atoms with van der Waals surface area (Å²) in [5.74, 6) is 0.0148. The quantitative estimate of drug-likeness (QED) is 0.248. The number of aryl methyl sites for hydroxylation is 2. The lowest BCUT2D eigenvalue weighted by atomic mass is 9.97. The molecule has 224 valence electrons. The molecule has 2 amide bonds. The molecule has 2 heterocycles. The Morgan fingerprint density at radius 1 is 0.930 bits per heavy atom. The molecule has 0 spiro atoms. The first kappa shape index (κ1) is 29.5. The highest BCUT2D eigenvalue weighted by atomic mass is 16.3. The van der Waals surface area contributed by atoms with Crippen LogP contribution in [-0.4, -0.2) is 71.3 Å². The van der Waals surface area contributed by atoms with Crippen LogP contribution in [0.2, 0.25) is 0 Å². The Labute approximate surface area is 251 Å². The van der Waals surface area contributed by atoms with E-state index in [1.165, 1.54) is 6.07 Å². The second kappa shape index (κ2) is 11.7. The van der Waals surface area contributed by atoms with Crippen LogP contribution in [-0.2, 0) is 4.79 Å². The van der Waals surface area contributed by atoms with Crippen molar-refractivity contribution >= 4 is 40.5 Å². The first-order chi connectivity index (χ1) is 20.5. The van der Waals surface area contributed by atoms with Gasteiger partial charge in [-0.25, -0.2) is 4.67 Å². The van der Waals surface area contributed by atoms with E-state index in [2.05, 4.69) is 27.0 Å². The van der Waals surface area contributed by atoms with Crippen molar-refractivity contribution in [3.63, 3.8) is 0 Å². The monoisotopic (exact) mass is 583 g/mol. The summed E-state index contributed by atoms with van der Waals surface area (Å²) in [6.07, 6.45) is 0. The lowest BCUT2D eigenvalue weighted by Gasteiger charge is -2.36. The third kappa shape index (κ3) is 5.61. The number of nitrogen functional groups attached to an aromatic ring is 1. The standard InChI is InChI=1S/C33H38N6O4/c1-6-35-32(42)31-36-30(26-17-25(19(2)3)27(40)18-28(26)41)39(31)23-9-7-22(8-10-23)33(43)38-13-11-37(12-14-38)24-15-20(4)29(34)21(5)16-24/h7-10,15-19H,6,11-14,34H2,1-5H3,(H2,35,40,41,42)/p+1. The van der Waals surface area contributed by atoms with Crippen molar-refractivity contribution in [3.05, 3.63) is 76.3 Å². The molecule has 0 atom stereocenters. The van der Waals surface area contributed by atoms with Crippen molar-refractivity contribution in [2.75, 3.05) is 48.3 Å². The van der Waals surface area contributed by atoms with Crippen molar-refractivity contribution in [2.45, 2.75) is 40.5 Å². The van der Waals surface area contributed by atoms with Crippen LogP contribution in [0.15, 0.2) is 48.5 Å². The smallest absolute Gasteiger partial charge is 0.390 e. The highest BCUT2D eigenvalue weighted by molar-refractivity contribution is 6.53. The molecular formula is C33H39N6O4+. The van der Waals surface area contributed by atoms with Gasteiger partial charge in [-0.3, -0.25) is 9.59 Å². The molecule has 0 unspecified atom stereocenters. The van der Waals surface area contributed by atoms with Gasteiger partial charge >= 0.3 is 17.6 Å². The number of rotatable bonds is 7. The number of likely N-dealkylation sites (N-methyl/N-ethyl adjacent to an activating group) is 1. The Morgan fingerprint density at radius 3 is 2.14 bits per heavy atom. The number of benzene rings is 3. The average molecular weight is 584 g/mol. The molecule has 0 bridgehead atoms. The molecule has 43 heavy (non-hydrogen) atoms. The lowest BCUT2D eigenvalue weighted by molar-refractivity contribution is -0.114. The molecule has 0 aliphatic carbocycles. The number of carbonyl (C=O) groups excluding carboxylic acids is 2. The number of hydrogen-bond acceptors (Lipinski definition) is 7. The normalized spacial score (nSPS) is 14.8. The second-order valence-corrected chi connectivity index (χ2v) is 11.4. The minimum atomic E-state index is -0.349. The van der Waals surface area contributed by atoms with E-state index in [0.717, 1.165) is 35.6 Å². The van der Waals surface area contributed by atoms with E-state index in [4.69, 9.17) is 5.73 Å². The van der Waals surface area contributed by atoms with Crippen molar-refractivity contribution in [3.8, 4) is 11.5 Å². The van der Waals surface area contributed by atoms with Gasteiger partial charge in [-0.05, 0) is 85.8 Å². The number of nitrogens with one attached hydrogen (secondary N) is 1. The van der Waals surface area contributed by atoms with Gasteiger partial charge in [-0.15, -0.1) is 0 Å². The molecule has 2 aliphatic rings. The molecule has 1 saturated heterocycles. The third-order valence-electron chi connectivity index (χ3n) is 8.07. The summed E-state index contributed by atoms with van der Waals surface area (Å²) in [6.45, 7) is 12.8. The number of phenolic OH excluding ortho intramolecular Hbond substituents is 2. The number of nitrogens with zero attached hydrogens (tertiary/aromatic N) is 4. The van der Waals surface area contributed by atoms with Crippen molar-refractivity contribution in [2.24, 2.45) is 0 Å². The van der Waals surface area contributed by atoms with E-state index >= 15 is 0 Å². The van der Waals surface area contributed by atoms with E-state index < -0.39 is 0 Å². The van der Waals surface area contributed by atoms with E-state index in [0.29, 0.717) is 47.8 Å². The van der Waals surface area contributed by atoms with Gasteiger partial charge in [-0.1, -0.05) is 13.8 Å². The molecule has 10 nitrogen and oxygen atoms in total. The SMILES string of the molecule is CCNC(=O)C1=[N+]=C(c2cc(C(C)C)c(O)cc2O)N1c1ccc(C(=O)N2CCN(c3cc(C)c(N)c(C)c3)CC2)cc1. The van der Waals surface area contributed by atoms with Crippen LogP contribution in [0.5, 0.6) is 11.5 Å². The maximum atomic E-state index is 13.4. The lowest BCUT2D eigenvalue weighted by Crippen LogP contribution is -2.56. The van der Waals surface area contributed by atoms with Gasteiger partial charge in [-0.2, -0.15) is 4.90 Å². The summed E-state index contributed by atoms with van der Waals surface area (Å²) < 4.78 is 4.46. The van der Waals surface area contributed by atoms with Crippen LogP contribution in [0.3, 0.4) is 0 Å². The molecule has 2 aliphatic heterocycles. The van der Waals surface area contributed by atoms with Crippen LogP contribution >= 0.6 is 0 Å². The van der Waals surface area contributed by atoms with Crippen LogP contribution < -0.4 is 25.5 Å². The summed E-state index contributed by atoms with van der Waals surface area (Å²) in [6, 6.07) is 14.2. The van der Waals surface area contributed by atoms with E-state index in [-0.39, 0.29) is 35.1 Å². The maximum absolute atomic E-state index is 13.4. The van der Waals surface area contributed by atoms with E-state index in [9.17, 15) is 19.8 Å². The number of phenols is 2. The molecular weight excluding hydrogens is 544 g/mol. The number of amidine groups is 2. The fourth-order valence-electron chi connectivity index (χ4n) is 5.55. The number of anilines is 3. The van der Waals surface area contributed by atoms with Crippen LogP contribution in [0, 0.1) is 13.8 Å². The van der Waals surface area contributed by atoms with Gasteiger partial charge in [0.25, 0.3) is 5.91 Å². The predicted octanol–water partition coefficient (Wildman–Crippen LogP) is 3.25. The van der Waals surface area contributed by atoms with Gasteiger partial charge < -0.3 is 31.1 Å². The van der Waals surface area contributed by atoms with Gasteiger partial charge in [0.15, 0.2) is 0 Å².